The van der Waals surface area contributed by atoms with E-state index < -0.39 is 6.10 Å². The normalized spacial score (nSPS) is 16.2. The second kappa shape index (κ2) is 7.23. The van der Waals surface area contributed by atoms with Crippen LogP contribution in [0.25, 0.3) is 10.8 Å². The van der Waals surface area contributed by atoms with Crippen LogP contribution >= 0.6 is 0 Å². The minimum Gasteiger partial charge on any atom is -0.382 e. The first-order valence-electron chi connectivity index (χ1n) is 9.05. The van der Waals surface area contributed by atoms with E-state index in [1.807, 2.05) is 32.3 Å². The van der Waals surface area contributed by atoms with Crippen molar-refractivity contribution >= 4 is 22.4 Å². The molecule has 4 rings (SSSR count). The Morgan fingerprint density at radius 3 is 2.85 bits per heavy atom. The second-order valence-corrected chi connectivity index (χ2v) is 6.90. The molecule has 0 aliphatic carbocycles. The number of nitrogens with zero attached hydrogens (tertiary/aromatic N) is 3. The molecule has 0 unspecified atom stereocenters. The Morgan fingerprint density at radius 1 is 1.22 bits per heavy atom. The van der Waals surface area contributed by atoms with Crippen LogP contribution in [0.4, 0.5) is 0 Å². The third-order valence-electron chi connectivity index (χ3n) is 4.87. The Kier molecular flexibility index (Phi) is 4.62. The lowest BCUT2D eigenvalue weighted by Gasteiger charge is -2.09. The molecule has 0 spiro atoms. The van der Waals surface area contributed by atoms with E-state index in [0.717, 1.165) is 17.0 Å². The Bertz CT molecular complexity index is 1020. The van der Waals surface area contributed by atoms with Crippen LogP contribution in [0.2, 0.25) is 0 Å². The standard InChI is InChI=1S/C21H22N4O2/c1-14-17(13-25(2)23-14)12-22-21(26)20-11-18(24-27-20)10-16-8-5-7-15-6-3-4-9-19(15)16/h3-9,13,20H,10-12H2,1-2H3,(H,22,26)/t20-/m0/s1. The van der Waals surface area contributed by atoms with Crippen molar-refractivity contribution in [2.45, 2.75) is 32.4 Å². The van der Waals surface area contributed by atoms with Gasteiger partial charge in [-0.25, -0.2) is 0 Å². The van der Waals surface area contributed by atoms with Gasteiger partial charge in [-0.2, -0.15) is 5.10 Å². The number of oxime groups is 1. The first-order valence-corrected chi connectivity index (χ1v) is 9.05. The lowest BCUT2D eigenvalue weighted by molar-refractivity contribution is -0.131. The summed E-state index contributed by atoms with van der Waals surface area (Å²) in [6.07, 6.45) is 2.55. The summed E-state index contributed by atoms with van der Waals surface area (Å²) in [7, 11) is 1.87. The molecule has 1 N–H and O–H groups in total. The fourth-order valence-corrected chi connectivity index (χ4v) is 3.46. The van der Waals surface area contributed by atoms with Crippen LogP contribution in [0.3, 0.4) is 0 Å². The van der Waals surface area contributed by atoms with Crippen LogP contribution in [0, 0.1) is 6.92 Å². The lowest BCUT2D eigenvalue weighted by Crippen LogP contribution is -2.34. The number of aryl methyl sites for hydroxylation is 2. The molecule has 138 valence electrons. The molecule has 27 heavy (non-hydrogen) atoms. The summed E-state index contributed by atoms with van der Waals surface area (Å²) in [6.45, 7) is 2.37. The minimum absolute atomic E-state index is 0.144. The SMILES string of the molecule is Cc1nn(C)cc1CNC(=O)[C@@H]1CC(Cc2cccc3ccccc23)=NO1. The largest absolute Gasteiger partial charge is 0.382 e. The van der Waals surface area contributed by atoms with Crippen molar-refractivity contribution < 1.29 is 9.63 Å². The highest BCUT2D eigenvalue weighted by Crippen LogP contribution is 2.22. The number of nitrogens with one attached hydrogen (secondary N) is 1. The number of carbonyl (C=O) groups excluding carboxylic acids is 1. The van der Waals surface area contributed by atoms with Gasteiger partial charge in [0, 0.05) is 38.2 Å². The number of carbonyl (C=O) groups is 1. The van der Waals surface area contributed by atoms with E-state index in [4.69, 9.17) is 4.84 Å². The fourth-order valence-electron chi connectivity index (χ4n) is 3.46. The summed E-state index contributed by atoms with van der Waals surface area (Å²) in [5.41, 5.74) is 4.00. The second-order valence-electron chi connectivity index (χ2n) is 6.90. The number of rotatable bonds is 5. The third kappa shape index (κ3) is 3.69. The van der Waals surface area contributed by atoms with Gasteiger partial charge in [0.2, 0.25) is 6.10 Å². The maximum atomic E-state index is 12.4. The van der Waals surface area contributed by atoms with Gasteiger partial charge >= 0.3 is 0 Å². The van der Waals surface area contributed by atoms with Gasteiger partial charge in [0.1, 0.15) is 0 Å². The van der Waals surface area contributed by atoms with Crippen molar-refractivity contribution in [3.05, 3.63) is 65.5 Å². The predicted octanol–water partition coefficient (Wildman–Crippen LogP) is 2.89. The molecule has 2 heterocycles. The molecular formula is C21H22N4O2. The van der Waals surface area contributed by atoms with E-state index in [1.165, 1.54) is 16.3 Å². The fraction of sp³-hybridized carbons (Fsp3) is 0.286. The molecule has 1 atom stereocenters. The van der Waals surface area contributed by atoms with Crippen molar-refractivity contribution in [2.75, 3.05) is 0 Å². The van der Waals surface area contributed by atoms with Crippen LogP contribution in [0.1, 0.15) is 23.2 Å². The zero-order valence-corrected chi connectivity index (χ0v) is 15.5. The van der Waals surface area contributed by atoms with E-state index >= 15 is 0 Å². The molecule has 0 saturated heterocycles. The summed E-state index contributed by atoms with van der Waals surface area (Å²) in [6, 6.07) is 14.5. The van der Waals surface area contributed by atoms with Crippen LogP contribution in [0.15, 0.2) is 53.8 Å². The van der Waals surface area contributed by atoms with Crippen molar-refractivity contribution in [1.29, 1.82) is 0 Å². The van der Waals surface area contributed by atoms with Gasteiger partial charge in [0.05, 0.1) is 11.4 Å². The molecule has 0 fully saturated rings. The van der Waals surface area contributed by atoms with Crippen molar-refractivity contribution in [1.82, 2.24) is 15.1 Å². The minimum atomic E-state index is -0.563. The predicted molar refractivity (Wildman–Crippen MR) is 104 cm³/mol. The number of benzene rings is 2. The molecule has 1 aromatic heterocycles. The van der Waals surface area contributed by atoms with Crippen LogP contribution in [0.5, 0.6) is 0 Å². The van der Waals surface area contributed by atoms with E-state index in [1.54, 1.807) is 4.68 Å². The van der Waals surface area contributed by atoms with Gasteiger partial charge in [-0.1, -0.05) is 47.6 Å². The van der Waals surface area contributed by atoms with Crippen molar-refractivity contribution in [3.8, 4) is 0 Å². The van der Waals surface area contributed by atoms with Gasteiger partial charge in [0.15, 0.2) is 0 Å². The molecule has 1 aliphatic rings. The highest BCUT2D eigenvalue weighted by molar-refractivity contribution is 5.96. The van der Waals surface area contributed by atoms with Crippen LogP contribution < -0.4 is 5.32 Å². The van der Waals surface area contributed by atoms with Gasteiger partial charge in [-0.05, 0) is 23.3 Å². The first kappa shape index (κ1) is 17.3. The van der Waals surface area contributed by atoms with E-state index in [-0.39, 0.29) is 5.91 Å². The molecule has 6 heteroatoms. The smallest absolute Gasteiger partial charge is 0.264 e. The lowest BCUT2D eigenvalue weighted by atomic mass is 9.98. The topological polar surface area (TPSA) is 68.5 Å². The van der Waals surface area contributed by atoms with E-state index in [9.17, 15) is 4.79 Å². The zero-order chi connectivity index (χ0) is 18.8. The Balaban J connectivity index is 1.36. The average Bonchev–Trinajstić information content (AvgIpc) is 3.26. The van der Waals surface area contributed by atoms with Crippen LogP contribution in [-0.4, -0.2) is 27.5 Å². The Labute approximate surface area is 157 Å². The molecular weight excluding hydrogens is 340 g/mol. The number of hydrogen-bond donors (Lipinski definition) is 1. The number of aromatic nitrogens is 2. The zero-order valence-electron chi connectivity index (χ0n) is 15.5. The average molecular weight is 362 g/mol. The number of hydrogen-bond acceptors (Lipinski definition) is 4. The highest BCUT2D eigenvalue weighted by atomic mass is 16.6. The molecule has 0 saturated carbocycles. The number of amides is 1. The van der Waals surface area contributed by atoms with E-state index in [0.29, 0.717) is 19.4 Å². The third-order valence-corrected chi connectivity index (χ3v) is 4.87. The van der Waals surface area contributed by atoms with Gasteiger partial charge < -0.3 is 10.2 Å². The summed E-state index contributed by atoms with van der Waals surface area (Å²) in [4.78, 5) is 17.8. The molecule has 1 amide bonds. The Morgan fingerprint density at radius 2 is 2.04 bits per heavy atom. The molecule has 1 aliphatic heterocycles. The monoisotopic (exact) mass is 362 g/mol. The van der Waals surface area contributed by atoms with E-state index in [2.05, 4.69) is 45.9 Å². The molecule has 0 radical (unpaired) electrons. The van der Waals surface area contributed by atoms with Crippen LogP contribution in [-0.2, 0) is 29.6 Å². The molecule has 6 nitrogen and oxygen atoms in total. The summed E-state index contributed by atoms with van der Waals surface area (Å²) >= 11 is 0. The molecule has 3 aromatic rings. The summed E-state index contributed by atoms with van der Waals surface area (Å²) < 4.78 is 1.74. The summed E-state index contributed by atoms with van der Waals surface area (Å²) in [5.74, 6) is -0.144. The molecule has 2 aromatic carbocycles. The number of fused-ring (bicyclic) bond motifs is 1. The van der Waals surface area contributed by atoms with Crippen molar-refractivity contribution in [2.24, 2.45) is 12.2 Å². The maximum absolute atomic E-state index is 12.4. The summed E-state index contributed by atoms with van der Waals surface area (Å²) in [5, 5.41) is 13.8. The first-order chi connectivity index (χ1) is 13.1. The maximum Gasteiger partial charge on any atom is 0.264 e. The highest BCUT2D eigenvalue weighted by Gasteiger charge is 2.28. The quantitative estimate of drug-likeness (QED) is 0.759. The van der Waals surface area contributed by atoms with Crippen molar-refractivity contribution in [3.63, 3.8) is 0 Å². The van der Waals surface area contributed by atoms with Gasteiger partial charge in [0.25, 0.3) is 5.91 Å². The van der Waals surface area contributed by atoms with Gasteiger partial charge in [-0.3, -0.25) is 9.48 Å². The molecule has 0 bridgehead atoms. The van der Waals surface area contributed by atoms with Gasteiger partial charge in [-0.15, -0.1) is 0 Å². The Hall–Kier alpha value is -3.15.